The number of rotatable bonds is 7. The van der Waals surface area contributed by atoms with Gasteiger partial charge in [-0.15, -0.1) is 12.4 Å². The van der Waals surface area contributed by atoms with E-state index in [-0.39, 0.29) is 30.2 Å². The van der Waals surface area contributed by atoms with E-state index in [4.69, 9.17) is 0 Å². The van der Waals surface area contributed by atoms with Crippen LogP contribution < -0.4 is 10.0 Å². The lowest BCUT2D eigenvalue weighted by molar-refractivity contribution is -0.137. The zero-order valence-corrected chi connectivity index (χ0v) is 17.4. The normalized spacial score (nSPS) is 11.5. The van der Waals surface area contributed by atoms with Gasteiger partial charge in [0.1, 0.15) is 0 Å². The molecule has 0 unspecified atom stereocenters. The Morgan fingerprint density at radius 2 is 1.81 bits per heavy atom. The van der Waals surface area contributed by atoms with Gasteiger partial charge in [-0.2, -0.15) is 18.3 Å². The number of para-hydroxylation sites is 1. The minimum absolute atomic E-state index is 0. The molecule has 0 saturated heterocycles. The summed E-state index contributed by atoms with van der Waals surface area (Å²) in [5.74, 6) is -0.531. The molecule has 0 spiro atoms. The molecule has 1 aromatic heterocycles. The van der Waals surface area contributed by atoms with Crippen molar-refractivity contribution >= 4 is 34.0 Å². The van der Waals surface area contributed by atoms with Gasteiger partial charge in [0.25, 0.3) is 15.9 Å². The summed E-state index contributed by atoms with van der Waals surface area (Å²) >= 11 is 0. The van der Waals surface area contributed by atoms with Crippen molar-refractivity contribution < 1.29 is 26.4 Å². The highest BCUT2D eigenvalue weighted by atomic mass is 35.5. The van der Waals surface area contributed by atoms with Crippen LogP contribution in [0.4, 0.5) is 18.9 Å². The first-order valence-electron chi connectivity index (χ1n) is 8.72. The number of hydrogen-bond acceptors (Lipinski definition) is 4. The fourth-order valence-corrected chi connectivity index (χ4v) is 3.77. The van der Waals surface area contributed by atoms with Crippen molar-refractivity contribution in [3.8, 4) is 0 Å². The van der Waals surface area contributed by atoms with E-state index in [1.54, 1.807) is 18.3 Å². The minimum atomic E-state index is -4.68. The number of halogens is 4. The molecule has 7 nitrogen and oxygen atoms in total. The van der Waals surface area contributed by atoms with E-state index >= 15 is 0 Å². The maximum Gasteiger partial charge on any atom is 0.416 e. The fraction of sp³-hybridized carbons (Fsp3) is 0.158. The first kappa shape index (κ1) is 24.2. The number of benzene rings is 2. The van der Waals surface area contributed by atoms with Crippen LogP contribution in [-0.2, 0) is 22.6 Å². The lowest BCUT2D eigenvalue weighted by Crippen LogP contribution is -2.27. The summed E-state index contributed by atoms with van der Waals surface area (Å²) in [6, 6.07) is 10.9. The molecule has 2 aromatic carbocycles. The number of sulfonamides is 1. The first-order valence-corrected chi connectivity index (χ1v) is 10.2. The van der Waals surface area contributed by atoms with E-state index in [1.807, 2.05) is 0 Å². The molecule has 1 heterocycles. The summed E-state index contributed by atoms with van der Waals surface area (Å²) in [5.41, 5.74) is -0.282. The summed E-state index contributed by atoms with van der Waals surface area (Å²) < 4.78 is 66.1. The van der Waals surface area contributed by atoms with E-state index in [9.17, 15) is 26.4 Å². The molecule has 12 heteroatoms. The van der Waals surface area contributed by atoms with E-state index < -0.39 is 32.6 Å². The second kappa shape index (κ2) is 9.84. The molecule has 3 rings (SSSR count). The molecule has 0 bridgehead atoms. The lowest BCUT2D eigenvalue weighted by atomic mass is 10.1. The Bertz CT molecular complexity index is 1140. The van der Waals surface area contributed by atoms with Crippen molar-refractivity contribution in [2.24, 2.45) is 0 Å². The topological polar surface area (TPSA) is 104 Å². The molecule has 0 fully saturated rings. The van der Waals surface area contributed by atoms with Gasteiger partial charge < -0.3 is 5.32 Å². The first-order chi connectivity index (χ1) is 14.2. The second-order valence-corrected chi connectivity index (χ2v) is 7.95. The summed E-state index contributed by atoms with van der Waals surface area (Å²) in [6.45, 7) is 0.274. The van der Waals surface area contributed by atoms with E-state index in [1.165, 1.54) is 18.2 Å². The molecular formula is C19H18ClF3N4O3S. The summed E-state index contributed by atoms with van der Waals surface area (Å²) in [7, 11) is -4.35. The molecule has 1 amide bonds. The highest BCUT2D eigenvalue weighted by Crippen LogP contribution is 2.31. The molecule has 0 atom stereocenters. The molecule has 166 valence electrons. The van der Waals surface area contributed by atoms with Crippen molar-refractivity contribution in [2.45, 2.75) is 17.5 Å². The molecule has 0 aliphatic carbocycles. The van der Waals surface area contributed by atoms with E-state index in [0.29, 0.717) is 12.5 Å². The molecule has 0 aliphatic heterocycles. The number of aromatic nitrogens is 2. The number of H-pyrrole nitrogens is 1. The third kappa shape index (κ3) is 6.22. The number of anilines is 1. The van der Waals surface area contributed by atoms with Gasteiger partial charge in [-0.3, -0.25) is 14.6 Å². The third-order valence-electron chi connectivity index (χ3n) is 4.13. The third-order valence-corrected chi connectivity index (χ3v) is 5.49. The Balaban J connectivity index is 0.00000341. The second-order valence-electron chi connectivity index (χ2n) is 6.26. The zero-order chi connectivity index (χ0) is 21.8. The van der Waals surface area contributed by atoms with Gasteiger partial charge >= 0.3 is 6.18 Å². The van der Waals surface area contributed by atoms with Crippen molar-refractivity contribution in [3.05, 3.63) is 77.6 Å². The molecule has 0 saturated carbocycles. The Kier molecular flexibility index (Phi) is 7.69. The van der Waals surface area contributed by atoms with E-state index in [2.05, 4.69) is 20.2 Å². The average Bonchev–Trinajstić information content (AvgIpc) is 3.21. The molecule has 0 radical (unpaired) electrons. The molecule has 0 aliphatic rings. The van der Waals surface area contributed by atoms with Crippen molar-refractivity contribution in [2.75, 3.05) is 11.3 Å². The van der Waals surface area contributed by atoms with Crippen LogP contribution >= 0.6 is 12.4 Å². The summed E-state index contributed by atoms with van der Waals surface area (Å²) in [5, 5.41) is 9.21. The Labute approximate surface area is 182 Å². The Hall–Kier alpha value is -3.05. The van der Waals surface area contributed by atoms with Crippen LogP contribution in [0.5, 0.6) is 0 Å². The van der Waals surface area contributed by atoms with Gasteiger partial charge in [0, 0.05) is 24.9 Å². The zero-order valence-electron chi connectivity index (χ0n) is 15.8. The maximum atomic E-state index is 12.9. The van der Waals surface area contributed by atoms with Gasteiger partial charge in [0.15, 0.2) is 0 Å². The number of aromatic amines is 1. The van der Waals surface area contributed by atoms with Crippen LogP contribution in [-0.4, -0.2) is 31.1 Å². The summed E-state index contributed by atoms with van der Waals surface area (Å²) in [4.78, 5) is 11.9. The monoisotopic (exact) mass is 474 g/mol. The van der Waals surface area contributed by atoms with Crippen molar-refractivity contribution in [3.63, 3.8) is 0 Å². The lowest BCUT2D eigenvalue weighted by Gasteiger charge is -2.14. The standard InChI is InChI=1S/C19H17F3N4O3S.ClH/c20-19(21,22)13-4-3-5-15(12-13)30(28,29)26-17-7-2-1-6-16(17)18(27)23-10-8-14-9-11-24-25-14;/h1-7,9,11-12,26H,8,10H2,(H,23,27)(H,24,25);1H. The number of carbonyl (C=O) groups excluding carboxylic acids is 1. The van der Waals surface area contributed by atoms with Crippen molar-refractivity contribution in [1.29, 1.82) is 0 Å². The number of nitrogens with one attached hydrogen (secondary N) is 3. The predicted octanol–water partition coefficient (Wildman–Crippen LogP) is 3.62. The van der Waals surface area contributed by atoms with Crippen LogP contribution in [0.25, 0.3) is 0 Å². The number of amides is 1. The number of alkyl halides is 3. The van der Waals surface area contributed by atoms with Crippen LogP contribution in [0.2, 0.25) is 0 Å². The van der Waals surface area contributed by atoms with Gasteiger partial charge in [-0.1, -0.05) is 18.2 Å². The number of nitrogens with zero attached hydrogens (tertiary/aromatic N) is 1. The van der Waals surface area contributed by atoms with Gasteiger partial charge in [-0.05, 0) is 36.4 Å². The number of hydrogen-bond donors (Lipinski definition) is 3. The molecular weight excluding hydrogens is 457 g/mol. The SMILES string of the molecule is Cl.O=C(NCCc1ccn[nH]1)c1ccccc1NS(=O)(=O)c1cccc(C(F)(F)F)c1. The van der Waals surface area contributed by atoms with Gasteiger partial charge in [0.05, 0.1) is 21.7 Å². The minimum Gasteiger partial charge on any atom is -0.352 e. The van der Waals surface area contributed by atoms with Crippen LogP contribution in [0.1, 0.15) is 21.6 Å². The quantitative estimate of drug-likeness (QED) is 0.486. The largest absolute Gasteiger partial charge is 0.416 e. The summed E-state index contributed by atoms with van der Waals surface area (Å²) in [6.07, 6.45) is -2.61. The average molecular weight is 475 g/mol. The Morgan fingerprint density at radius 3 is 2.48 bits per heavy atom. The smallest absolute Gasteiger partial charge is 0.352 e. The number of carbonyl (C=O) groups is 1. The maximum absolute atomic E-state index is 12.9. The van der Waals surface area contributed by atoms with Gasteiger partial charge in [0.2, 0.25) is 0 Å². The van der Waals surface area contributed by atoms with E-state index in [0.717, 1.165) is 23.9 Å². The van der Waals surface area contributed by atoms with Crippen LogP contribution in [0.3, 0.4) is 0 Å². The highest BCUT2D eigenvalue weighted by molar-refractivity contribution is 7.92. The predicted molar refractivity (Wildman–Crippen MR) is 111 cm³/mol. The highest BCUT2D eigenvalue weighted by Gasteiger charge is 2.31. The Morgan fingerprint density at radius 1 is 1.06 bits per heavy atom. The van der Waals surface area contributed by atoms with Crippen LogP contribution in [0.15, 0.2) is 65.7 Å². The van der Waals surface area contributed by atoms with Crippen LogP contribution in [0, 0.1) is 0 Å². The molecule has 3 N–H and O–H groups in total. The fourth-order valence-electron chi connectivity index (χ4n) is 2.64. The van der Waals surface area contributed by atoms with Crippen molar-refractivity contribution in [1.82, 2.24) is 15.5 Å². The van der Waals surface area contributed by atoms with Gasteiger partial charge in [-0.25, -0.2) is 8.42 Å². The molecule has 31 heavy (non-hydrogen) atoms. The molecule has 3 aromatic rings.